The van der Waals surface area contributed by atoms with E-state index in [-0.39, 0.29) is 28.8 Å². The summed E-state index contributed by atoms with van der Waals surface area (Å²) in [6.45, 7) is 0.664. The zero-order valence-corrected chi connectivity index (χ0v) is 21.3. The van der Waals surface area contributed by atoms with Gasteiger partial charge in [-0.2, -0.15) is 0 Å². The highest BCUT2D eigenvalue weighted by Gasteiger charge is 2.24. The number of hydrogen-bond donors (Lipinski definition) is 1. The van der Waals surface area contributed by atoms with E-state index in [4.69, 9.17) is 11.6 Å². The molecule has 7 nitrogen and oxygen atoms in total. The molecule has 0 bridgehead atoms. The van der Waals surface area contributed by atoms with E-state index in [1.807, 2.05) is 53.4 Å². The minimum Gasteiger partial charge on any atom is -0.345 e. The van der Waals surface area contributed by atoms with E-state index < -0.39 is 11.7 Å². The van der Waals surface area contributed by atoms with Crippen molar-refractivity contribution in [2.24, 2.45) is 0 Å². The second-order valence-corrected chi connectivity index (χ2v) is 9.77. The Kier molecular flexibility index (Phi) is 7.52. The summed E-state index contributed by atoms with van der Waals surface area (Å²) < 4.78 is 16.0. The van der Waals surface area contributed by atoms with Crippen LogP contribution in [0.1, 0.15) is 28.2 Å². The van der Waals surface area contributed by atoms with Gasteiger partial charge in [0, 0.05) is 17.9 Å². The third kappa shape index (κ3) is 5.38. The average molecular weight is 536 g/mol. The molecule has 0 atom stereocenters. The Morgan fingerprint density at radius 2 is 1.78 bits per heavy atom. The molecule has 0 fully saturated rings. The summed E-state index contributed by atoms with van der Waals surface area (Å²) in [5.41, 5.74) is 2.68. The number of fused-ring (bicyclic) bond motifs is 1. The number of anilines is 1. The number of amides is 2. The number of aromatic nitrogens is 3. The molecule has 0 radical (unpaired) electrons. The highest BCUT2D eigenvalue weighted by molar-refractivity contribution is 7.99. The maximum atomic E-state index is 14.2. The number of benzene rings is 3. The van der Waals surface area contributed by atoms with Crippen LogP contribution in [0.4, 0.5) is 10.1 Å². The lowest BCUT2D eigenvalue weighted by molar-refractivity contribution is -0.116. The highest BCUT2D eigenvalue weighted by atomic mass is 35.5. The summed E-state index contributed by atoms with van der Waals surface area (Å²) in [5, 5.41) is 11.8. The van der Waals surface area contributed by atoms with Gasteiger partial charge in [0.15, 0.2) is 11.0 Å². The van der Waals surface area contributed by atoms with E-state index in [1.165, 1.54) is 35.5 Å². The normalized spacial score (nSPS) is 12.8. The van der Waals surface area contributed by atoms with Crippen molar-refractivity contribution in [3.8, 4) is 5.69 Å². The molecule has 2 amide bonds. The van der Waals surface area contributed by atoms with E-state index in [9.17, 15) is 14.0 Å². The van der Waals surface area contributed by atoms with Crippen LogP contribution < -0.4 is 10.2 Å². The summed E-state index contributed by atoms with van der Waals surface area (Å²) in [5.74, 6) is -0.757. The van der Waals surface area contributed by atoms with Gasteiger partial charge in [0.2, 0.25) is 5.91 Å². The van der Waals surface area contributed by atoms with Gasteiger partial charge in [-0.05, 0) is 48.7 Å². The number of thioether (sulfide) groups is 1. The van der Waals surface area contributed by atoms with Crippen molar-refractivity contribution < 1.29 is 14.0 Å². The molecule has 0 unspecified atom stereocenters. The monoisotopic (exact) mass is 535 g/mol. The fraction of sp³-hybridized carbons (Fsp3) is 0.185. The van der Waals surface area contributed by atoms with Gasteiger partial charge in [-0.15, -0.1) is 10.2 Å². The topological polar surface area (TPSA) is 80.1 Å². The highest BCUT2D eigenvalue weighted by Crippen LogP contribution is 2.29. The molecule has 188 valence electrons. The van der Waals surface area contributed by atoms with Gasteiger partial charge in [-0.25, -0.2) is 4.39 Å². The Morgan fingerprint density at radius 3 is 2.59 bits per heavy atom. The van der Waals surface area contributed by atoms with Gasteiger partial charge < -0.3 is 10.2 Å². The van der Waals surface area contributed by atoms with Crippen LogP contribution in [0.3, 0.4) is 0 Å². The number of aryl methyl sites for hydroxylation is 1. The number of rotatable bonds is 7. The van der Waals surface area contributed by atoms with Gasteiger partial charge in [0.25, 0.3) is 5.91 Å². The van der Waals surface area contributed by atoms with Gasteiger partial charge in [-0.1, -0.05) is 65.8 Å². The van der Waals surface area contributed by atoms with Gasteiger partial charge >= 0.3 is 0 Å². The van der Waals surface area contributed by atoms with Gasteiger partial charge in [0.1, 0.15) is 5.82 Å². The summed E-state index contributed by atoms with van der Waals surface area (Å²) in [6, 6.07) is 21.5. The van der Waals surface area contributed by atoms with E-state index in [1.54, 1.807) is 4.57 Å². The number of nitrogens with zero attached hydrogens (tertiary/aromatic N) is 4. The first-order chi connectivity index (χ1) is 18.0. The number of nitrogens with one attached hydrogen (secondary N) is 1. The second-order valence-electron chi connectivity index (χ2n) is 8.42. The maximum Gasteiger partial charge on any atom is 0.256 e. The SMILES string of the molecule is O=C(NCc1nnc(SCC(=O)N2CCCc3ccccc32)n1-c1ccccc1)c1c(F)cccc1Cl. The molecule has 0 aliphatic carbocycles. The van der Waals surface area contributed by atoms with Crippen LogP contribution in [0.25, 0.3) is 5.69 Å². The molecule has 0 saturated carbocycles. The first-order valence-electron chi connectivity index (χ1n) is 11.8. The predicted octanol–water partition coefficient (Wildman–Crippen LogP) is 5.06. The van der Waals surface area contributed by atoms with Crippen LogP contribution in [0.2, 0.25) is 5.02 Å². The average Bonchev–Trinajstić information content (AvgIpc) is 3.33. The standard InChI is InChI=1S/C27H23ClFN5O2S/c28-20-12-6-13-21(29)25(20)26(36)30-16-23-31-32-27(34(23)19-10-2-1-3-11-19)37-17-24(35)33-15-7-9-18-8-4-5-14-22(18)33/h1-6,8,10-14H,7,9,15-17H2,(H,30,36). The third-order valence-electron chi connectivity index (χ3n) is 6.05. The first-order valence-corrected chi connectivity index (χ1v) is 13.1. The molecular weight excluding hydrogens is 513 g/mol. The van der Waals surface area contributed by atoms with Gasteiger partial charge in [0.05, 0.1) is 22.9 Å². The molecular formula is C27H23ClFN5O2S. The third-order valence-corrected chi connectivity index (χ3v) is 7.28. The molecule has 1 aliphatic heterocycles. The van der Waals surface area contributed by atoms with E-state index in [0.717, 1.165) is 24.2 Å². The predicted molar refractivity (Wildman–Crippen MR) is 142 cm³/mol. The lowest BCUT2D eigenvalue weighted by atomic mass is 10.0. The first kappa shape index (κ1) is 25.0. The summed E-state index contributed by atoms with van der Waals surface area (Å²) in [4.78, 5) is 27.7. The summed E-state index contributed by atoms with van der Waals surface area (Å²) in [7, 11) is 0. The molecule has 5 rings (SSSR count). The van der Waals surface area contributed by atoms with E-state index >= 15 is 0 Å². The largest absolute Gasteiger partial charge is 0.345 e. The van der Waals surface area contributed by atoms with Crippen molar-refractivity contribution in [2.75, 3.05) is 17.2 Å². The molecule has 3 aromatic carbocycles. The van der Waals surface area contributed by atoms with Gasteiger partial charge in [-0.3, -0.25) is 14.2 Å². The molecule has 10 heteroatoms. The van der Waals surface area contributed by atoms with Crippen molar-refractivity contribution >= 4 is 40.9 Å². The molecule has 1 aliphatic rings. The lowest BCUT2D eigenvalue weighted by Gasteiger charge is -2.29. The number of para-hydroxylation sites is 2. The Morgan fingerprint density at radius 1 is 1.00 bits per heavy atom. The number of carbonyl (C=O) groups excluding carboxylic acids is 2. The molecule has 4 aromatic rings. The maximum absolute atomic E-state index is 14.2. The number of halogens is 2. The van der Waals surface area contributed by atoms with E-state index in [2.05, 4.69) is 21.6 Å². The Labute approximate surface area is 222 Å². The smallest absolute Gasteiger partial charge is 0.256 e. The Balaban J connectivity index is 1.35. The number of hydrogen-bond acceptors (Lipinski definition) is 5. The molecule has 2 heterocycles. The zero-order chi connectivity index (χ0) is 25.8. The Hall–Kier alpha value is -3.69. The van der Waals surface area contributed by atoms with Crippen LogP contribution in [0.5, 0.6) is 0 Å². The van der Waals surface area contributed by atoms with Crippen LogP contribution in [0.15, 0.2) is 78.0 Å². The molecule has 37 heavy (non-hydrogen) atoms. The van der Waals surface area contributed by atoms with Crippen molar-refractivity contribution in [3.63, 3.8) is 0 Å². The van der Waals surface area contributed by atoms with Crippen molar-refractivity contribution in [1.82, 2.24) is 20.1 Å². The minimum atomic E-state index is -0.705. The minimum absolute atomic E-state index is 0.0104. The fourth-order valence-corrected chi connectivity index (χ4v) is 5.40. The summed E-state index contributed by atoms with van der Waals surface area (Å²) >= 11 is 7.31. The van der Waals surface area contributed by atoms with Crippen molar-refractivity contribution in [1.29, 1.82) is 0 Å². The molecule has 0 saturated heterocycles. The van der Waals surface area contributed by atoms with Crippen molar-refractivity contribution in [3.05, 3.63) is 101 Å². The Bertz CT molecular complexity index is 1430. The number of carbonyl (C=O) groups is 2. The molecule has 1 N–H and O–H groups in total. The fourth-order valence-electron chi connectivity index (χ4n) is 4.30. The van der Waals surface area contributed by atoms with Crippen LogP contribution in [-0.2, 0) is 17.8 Å². The quantitative estimate of drug-likeness (QED) is 0.335. The second kappa shape index (κ2) is 11.1. The van der Waals surface area contributed by atoms with Crippen LogP contribution in [-0.4, -0.2) is 38.9 Å². The lowest BCUT2D eigenvalue weighted by Crippen LogP contribution is -2.36. The molecule has 0 spiro atoms. The van der Waals surface area contributed by atoms with Crippen LogP contribution >= 0.6 is 23.4 Å². The van der Waals surface area contributed by atoms with E-state index in [0.29, 0.717) is 17.5 Å². The summed E-state index contributed by atoms with van der Waals surface area (Å²) in [6.07, 6.45) is 1.88. The zero-order valence-electron chi connectivity index (χ0n) is 19.7. The molecule has 1 aromatic heterocycles. The van der Waals surface area contributed by atoms with Crippen LogP contribution in [0, 0.1) is 5.82 Å². The van der Waals surface area contributed by atoms with Crippen molar-refractivity contribution in [2.45, 2.75) is 24.5 Å².